The van der Waals surface area contributed by atoms with E-state index >= 15 is 0 Å². The first-order valence-corrected chi connectivity index (χ1v) is 12.6. The number of halogens is 2. The van der Waals surface area contributed by atoms with Crippen molar-refractivity contribution in [1.82, 2.24) is 4.90 Å². The summed E-state index contributed by atoms with van der Waals surface area (Å²) in [6.45, 7) is 0.587. The van der Waals surface area contributed by atoms with Gasteiger partial charge < -0.3 is 14.2 Å². The molecule has 0 unspecified atom stereocenters. The van der Waals surface area contributed by atoms with Crippen LogP contribution < -0.4 is 9.47 Å². The summed E-state index contributed by atoms with van der Waals surface area (Å²) in [5.74, 6) is -0.126. The molecule has 3 aromatic rings. The molecule has 0 radical (unpaired) electrons. The normalized spacial score (nSPS) is 12.7. The zero-order valence-electron chi connectivity index (χ0n) is 19.9. The number of ether oxygens (including phenoxy) is 3. The maximum absolute atomic E-state index is 12.5. The maximum atomic E-state index is 12.5. The number of hydrogen-bond acceptors (Lipinski definition) is 6. The van der Waals surface area contributed by atoms with Gasteiger partial charge in [0.25, 0.3) is 11.8 Å². The van der Waals surface area contributed by atoms with E-state index in [4.69, 9.17) is 25.8 Å². The van der Waals surface area contributed by atoms with Gasteiger partial charge in [-0.2, -0.15) is 0 Å². The molecule has 0 saturated carbocycles. The van der Waals surface area contributed by atoms with Crippen LogP contribution >= 0.6 is 27.5 Å². The van der Waals surface area contributed by atoms with Crippen molar-refractivity contribution in [2.45, 2.75) is 13.0 Å². The van der Waals surface area contributed by atoms with E-state index < -0.39 is 5.97 Å². The fraction of sp³-hybridized carbons (Fsp3) is 0.179. The second kappa shape index (κ2) is 12.1. The topological polar surface area (TPSA) is 82.1 Å². The van der Waals surface area contributed by atoms with Crippen molar-refractivity contribution >= 4 is 51.4 Å². The van der Waals surface area contributed by atoms with E-state index in [-0.39, 0.29) is 25.0 Å². The van der Waals surface area contributed by atoms with Gasteiger partial charge >= 0.3 is 5.97 Å². The van der Waals surface area contributed by atoms with Gasteiger partial charge in [-0.1, -0.05) is 45.7 Å². The minimum Gasteiger partial charge on any atom is -0.493 e. The van der Waals surface area contributed by atoms with Crippen molar-refractivity contribution in [2.75, 3.05) is 20.3 Å². The number of carbonyl (C=O) groups excluding carboxylic acids is 3. The van der Waals surface area contributed by atoms with Crippen LogP contribution in [0.1, 0.15) is 38.3 Å². The third-order valence-corrected chi connectivity index (χ3v) is 6.36. The molecule has 0 saturated heterocycles. The minimum atomic E-state index is -0.534. The van der Waals surface area contributed by atoms with Gasteiger partial charge in [-0.3, -0.25) is 14.5 Å². The van der Waals surface area contributed by atoms with E-state index in [9.17, 15) is 14.4 Å². The highest BCUT2D eigenvalue weighted by atomic mass is 79.9. The highest BCUT2D eigenvalue weighted by Crippen LogP contribution is 2.30. The van der Waals surface area contributed by atoms with Crippen LogP contribution in [-0.2, 0) is 16.1 Å². The summed E-state index contributed by atoms with van der Waals surface area (Å²) in [4.78, 5) is 38.2. The number of nitrogens with zero attached hydrogens (tertiary/aromatic N) is 1. The van der Waals surface area contributed by atoms with Crippen LogP contribution in [0.25, 0.3) is 6.08 Å². The molecule has 1 heterocycles. The minimum absolute atomic E-state index is 0.0705. The summed E-state index contributed by atoms with van der Waals surface area (Å²) in [5, 5.41) is 0.660. The van der Waals surface area contributed by atoms with Crippen molar-refractivity contribution in [2.24, 2.45) is 0 Å². The zero-order valence-corrected chi connectivity index (χ0v) is 22.3. The Bertz CT molecular complexity index is 1360. The molecule has 37 heavy (non-hydrogen) atoms. The first-order valence-electron chi connectivity index (χ1n) is 11.4. The maximum Gasteiger partial charge on any atom is 0.330 e. The number of amides is 2. The SMILES string of the molecule is COc1cc(/C=C/C(=O)OCCCN2C(=O)c3ccc(Br)cc3C2=O)ccc1OCc1ccc(Cl)cc1. The van der Waals surface area contributed by atoms with Crippen LogP contribution in [0, 0.1) is 0 Å². The molecule has 0 aromatic heterocycles. The molecule has 0 fully saturated rings. The number of rotatable bonds is 10. The fourth-order valence-corrected chi connectivity index (χ4v) is 4.21. The fourth-order valence-electron chi connectivity index (χ4n) is 3.72. The van der Waals surface area contributed by atoms with Crippen LogP contribution in [0.4, 0.5) is 0 Å². The third kappa shape index (κ3) is 6.58. The molecule has 7 nitrogen and oxygen atoms in total. The Morgan fingerprint density at radius 2 is 1.73 bits per heavy atom. The van der Waals surface area contributed by atoms with Crippen molar-refractivity contribution in [1.29, 1.82) is 0 Å². The summed E-state index contributed by atoms with van der Waals surface area (Å²) < 4.78 is 17.2. The molecule has 3 aromatic carbocycles. The van der Waals surface area contributed by atoms with Crippen LogP contribution in [0.3, 0.4) is 0 Å². The Morgan fingerprint density at radius 3 is 2.49 bits per heavy atom. The summed E-state index contributed by atoms with van der Waals surface area (Å²) in [7, 11) is 1.54. The number of esters is 1. The van der Waals surface area contributed by atoms with Gasteiger partial charge in [-0.15, -0.1) is 0 Å². The van der Waals surface area contributed by atoms with Crippen molar-refractivity contribution in [3.05, 3.63) is 98.5 Å². The molecule has 1 aliphatic rings. The summed E-state index contributed by atoms with van der Waals surface area (Å²) in [6.07, 6.45) is 3.25. The monoisotopic (exact) mass is 583 g/mol. The first-order chi connectivity index (χ1) is 17.9. The Hall–Kier alpha value is -3.62. The average Bonchev–Trinajstić information content (AvgIpc) is 3.13. The molecule has 190 valence electrons. The van der Waals surface area contributed by atoms with Crippen LogP contribution in [0.2, 0.25) is 5.02 Å². The van der Waals surface area contributed by atoms with Crippen molar-refractivity contribution in [3.63, 3.8) is 0 Å². The lowest BCUT2D eigenvalue weighted by molar-refractivity contribution is -0.137. The standard InChI is InChI=1S/C28H23BrClNO6/c1-35-25-15-18(5-11-24(25)37-17-19-3-8-21(30)9-4-19)6-12-26(32)36-14-2-13-31-27(33)22-10-7-20(29)16-23(22)28(31)34/h3-12,15-16H,2,13-14,17H2,1H3/b12-6+. The molecule has 0 spiro atoms. The number of fused-ring (bicyclic) bond motifs is 1. The van der Waals surface area contributed by atoms with Crippen LogP contribution in [0.15, 0.2) is 71.2 Å². The Morgan fingerprint density at radius 1 is 0.973 bits per heavy atom. The number of imide groups is 1. The second-order valence-electron chi connectivity index (χ2n) is 8.13. The van der Waals surface area contributed by atoms with E-state index in [1.165, 1.54) is 11.0 Å². The molecule has 0 aliphatic carbocycles. The Labute approximate surface area is 227 Å². The number of methoxy groups -OCH3 is 1. The van der Waals surface area contributed by atoms with E-state index in [0.717, 1.165) is 15.6 Å². The van der Waals surface area contributed by atoms with E-state index in [1.807, 2.05) is 12.1 Å². The van der Waals surface area contributed by atoms with Gasteiger partial charge in [-0.25, -0.2) is 4.79 Å². The summed E-state index contributed by atoms with van der Waals surface area (Å²) >= 11 is 9.22. The quantitative estimate of drug-likeness (QED) is 0.127. The molecule has 4 rings (SSSR count). The molecule has 0 N–H and O–H groups in total. The van der Waals surface area contributed by atoms with Crippen molar-refractivity contribution in [3.8, 4) is 11.5 Å². The number of carbonyl (C=O) groups is 3. The van der Waals surface area contributed by atoms with Gasteiger partial charge in [0.1, 0.15) is 6.61 Å². The van der Waals surface area contributed by atoms with Gasteiger partial charge in [0.05, 0.1) is 24.8 Å². The largest absolute Gasteiger partial charge is 0.493 e. The number of benzene rings is 3. The van der Waals surface area contributed by atoms with Crippen molar-refractivity contribution < 1.29 is 28.6 Å². The molecular weight excluding hydrogens is 562 g/mol. The highest BCUT2D eigenvalue weighted by Gasteiger charge is 2.35. The molecule has 9 heteroatoms. The van der Waals surface area contributed by atoms with Gasteiger partial charge in [-0.05, 0) is 66.1 Å². The molecule has 0 bridgehead atoms. The molecule has 1 aliphatic heterocycles. The summed E-state index contributed by atoms with van der Waals surface area (Å²) in [6, 6.07) is 17.7. The summed E-state index contributed by atoms with van der Waals surface area (Å²) in [5.41, 5.74) is 2.44. The lowest BCUT2D eigenvalue weighted by Crippen LogP contribution is -2.31. The highest BCUT2D eigenvalue weighted by molar-refractivity contribution is 9.10. The lowest BCUT2D eigenvalue weighted by Gasteiger charge is -2.13. The van der Waals surface area contributed by atoms with E-state index in [0.29, 0.717) is 40.7 Å². The molecule has 0 atom stereocenters. The van der Waals surface area contributed by atoms with Gasteiger partial charge in [0, 0.05) is 22.1 Å². The lowest BCUT2D eigenvalue weighted by atomic mass is 10.1. The predicted molar refractivity (Wildman–Crippen MR) is 143 cm³/mol. The average molecular weight is 585 g/mol. The molecular formula is C28H23BrClNO6. The third-order valence-electron chi connectivity index (χ3n) is 5.61. The van der Waals surface area contributed by atoms with E-state index in [1.54, 1.807) is 61.7 Å². The van der Waals surface area contributed by atoms with E-state index in [2.05, 4.69) is 15.9 Å². The smallest absolute Gasteiger partial charge is 0.330 e. The van der Waals surface area contributed by atoms with Gasteiger partial charge in [0.2, 0.25) is 0 Å². The van der Waals surface area contributed by atoms with Gasteiger partial charge in [0.15, 0.2) is 11.5 Å². The number of hydrogen-bond donors (Lipinski definition) is 0. The second-order valence-corrected chi connectivity index (χ2v) is 9.48. The first kappa shape index (κ1) is 26.4. The Kier molecular flexibility index (Phi) is 8.63. The molecule has 2 amide bonds. The Balaban J connectivity index is 1.24. The predicted octanol–water partition coefficient (Wildman–Crippen LogP) is 5.93. The van der Waals surface area contributed by atoms with Crippen LogP contribution in [-0.4, -0.2) is 42.9 Å². The zero-order chi connectivity index (χ0) is 26.4. The van der Waals surface area contributed by atoms with Crippen LogP contribution in [0.5, 0.6) is 11.5 Å².